The average Bonchev–Trinajstić information content (AvgIpc) is 2.95. The predicted octanol–water partition coefficient (Wildman–Crippen LogP) is 3.91. The molecule has 0 saturated heterocycles. The summed E-state index contributed by atoms with van der Waals surface area (Å²) >= 11 is 2.02. The Bertz CT molecular complexity index is 386. The second-order valence-electron chi connectivity index (χ2n) is 5.53. The first-order chi connectivity index (χ1) is 9.78. The van der Waals surface area contributed by atoms with Crippen molar-refractivity contribution in [3.05, 3.63) is 29.8 Å². The molecule has 1 aromatic rings. The molecule has 2 atom stereocenters. The van der Waals surface area contributed by atoms with Gasteiger partial charge in [0.2, 0.25) is 0 Å². The highest BCUT2D eigenvalue weighted by atomic mass is 32.2. The number of rotatable bonds is 7. The minimum atomic E-state index is 0.701. The normalized spacial score (nSPS) is 22.1. The second kappa shape index (κ2) is 7.94. The molecule has 1 N–H and O–H groups in total. The molecule has 0 spiro atoms. The Morgan fingerprint density at radius 1 is 1.15 bits per heavy atom. The molecular formula is C17H28N2S. The molecule has 1 aromatic carbocycles. The van der Waals surface area contributed by atoms with Gasteiger partial charge in [-0.3, -0.25) is 0 Å². The molecule has 2 unspecified atom stereocenters. The third-order valence-corrected chi connectivity index (χ3v) is 5.56. The van der Waals surface area contributed by atoms with Gasteiger partial charge in [0, 0.05) is 36.6 Å². The van der Waals surface area contributed by atoms with E-state index in [9.17, 15) is 0 Å². The van der Waals surface area contributed by atoms with E-state index in [-0.39, 0.29) is 0 Å². The zero-order valence-electron chi connectivity index (χ0n) is 13.1. The standard InChI is InChI=1S/C17H28N2S/c1-4-19(5-2)15-11-9-14(10-12-15)13-18-16-7-6-8-17(16)20-3/h9-12,16-18H,4-8,13H2,1-3H3. The van der Waals surface area contributed by atoms with Crippen LogP contribution in [0, 0.1) is 0 Å². The maximum Gasteiger partial charge on any atom is 0.0366 e. The zero-order chi connectivity index (χ0) is 14.4. The smallest absolute Gasteiger partial charge is 0.0366 e. The molecule has 1 aliphatic carbocycles. The van der Waals surface area contributed by atoms with Crippen LogP contribution >= 0.6 is 11.8 Å². The second-order valence-corrected chi connectivity index (χ2v) is 6.61. The first-order valence-corrected chi connectivity index (χ1v) is 9.17. The molecule has 0 aromatic heterocycles. The number of nitrogens with one attached hydrogen (secondary N) is 1. The van der Waals surface area contributed by atoms with Crippen LogP contribution < -0.4 is 10.2 Å². The lowest BCUT2D eigenvalue weighted by Gasteiger charge is -2.22. The Kier molecular flexibility index (Phi) is 6.24. The zero-order valence-corrected chi connectivity index (χ0v) is 13.9. The van der Waals surface area contributed by atoms with Gasteiger partial charge in [-0.15, -0.1) is 0 Å². The molecule has 0 bridgehead atoms. The summed E-state index contributed by atoms with van der Waals surface area (Å²) in [5.74, 6) is 0. The molecule has 2 rings (SSSR count). The summed E-state index contributed by atoms with van der Waals surface area (Å²) in [6.07, 6.45) is 6.33. The van der Waals surface area contributed by atoms with Crippen LogP contribution in [0.5, 0.6) is 0 Å². The van der Waals surface area contributed by atoms with Crippen LogP contribution in [0.2, 0.25) is 0 Å². The summed E-state index contributed by atoms with van der Waals surface area (Å²) in [6, 6.07) is 9.75. The SMILES string of the molecule is CCN(CC)c1ccc(CNC2CCCC2SC)cc1. The summed E-state index contributed by atoms with van der Waals surface area (Å²) in [6.45, 7) is 7.57. The van der Waals surface area contributed by atoms with Crippen LogP contribution in [-0.4, -0.2) is 30.6 Å². The lowest BCUT2D eigenvalue weighted by Crippen LogP contribution is -2.33. The molecule has 1 fully saturated rings. The Labute approximate surface area is 128 Å². The molecule has 2 nitrogen and oxygen atoms in total. The predicted molar refractivity (Wildman–Crippen MR) is 91.8 cm³/mol. The molecule has 3 heteroatoms. The molecule has 0 radical (unpaired) electrons. The van der Waals surface area contributed by atoms with Gasteiger partial charge in [0.25, 0.3) is 0 Å². The summed E-state index contributed by atoms with van der Waals surface area (Å²) in [5, 5.41) is 4.55. The van der Waals surface area contributed by atoms with Crippen molar-refractivity contribution < 1.29 is 0 Å². The number of hydrogen-bond donors (Lipinski definition) is 1. The topological polar surface area (TPSA) is 15.3 Å². The van der Waals surface area contributed by atoms with Crippen molar-refractivity contribution in [1.82, 2.24) is 5.32 Å². The van der Waals surface area contributed by atoms with Gasteiger partial charge in [-0.2, -0.15) is 11.8 Å². The Balaban J connectivity index is 1.87. The van der Waals surface area contributed by atoms with Crippen LogP contribution in [-0.2, 0) is 6.54 Å². The Hall–Kier alpha value is -0.670. The average molecular weight is 292 g/mol. The van der Waals surface area contributed by atoms with E-state index >= 15 is 0 Å². The lowest BCUT2D eigenvalue weighted by atomic mass is 10.1. The number of hydrogen-bond acceptors (Lipinski definition) is 3. The van der Waals surface area contributed by atoms with Crippen LogP contribution in [0.25, 0.3) is 0 Å². The van der Waals surface area contributed by atoms with Gasteiger partial charge < -0.3 is 10.2 Å². The van der Waals surface area contributed by atoms with Gasteiger partial charge >= 0.3 is 0 Å². The van der Waals surface area contributed by atoms with Crippen molar-refractivity contribution >= 4 is 17.4 Å². The minimum absolute atomic E-state index is 0.701. The molecule has 20 heavy (non-hydrogen) atoms. The van der Waals surface area contributed by atoms with E-state index in [1.165, 1.54) is 30.5 Å². The highest BCUT2D eigenvalue weighted by Crippen LogP contribution is 2.28. The first kappa shape index (κ1) is 15.7. The van der Waals surface area contributed by atoms with Crippen molar-refractivity contribution in [3.63, 3.8) is 0 Å². The Morgan fingerprint density at radius 2 is 1.85 bits per heavy atom. The Morgan fingerprint density at radius 3 is 2.45 bits per heavy atom. The van der Waals surface area contributed by atoms with E-state index in [0.29, 0.717) is 6.04 Å². The van der Waals surface area contributed by atoms with Crippen LogP contribution in [0.4, 0.5) is 5.69 Å². The third kappa shape index (κ3) is 3.92. The van der Waals surface area contributed by atoms with E-state index in [2.05, 4.69) is 54.6 Å². The molecule has 1 aliphatic rings. The number of anilines is 1. The van der Waals surface area contributed by atoms with Gasteiger partial charge in [0.05, 0.1) is 0 Å². The van der Waals surface area contributed by atoms with E-state index in [4.69, 9.17) is 0 Å². The highest BCUT2D eigenvalue weighted by molar-refractivity contribution is 7.99. The quantitative estimate of drug-likeness (QED) is 0.820. The van der Waals surface area contributed by atoms with E-state index in [0.717, 1.165) is 24.9 Å². The van der Waals surface area contributed by atoms with Gasteiger partial charge in [-0.1, -0.05) is 18.6 Å². The van der Waals surface area contributed by atoms with Crippen LogP contribution in [0.3, 0.4) is 0 Å². The minimum Gasteiger partial charge on any atom is -0.372 e. The van der Waals surface area contributed by atoms with Gasteiger partial charge in [-0.25, -0.2) is 0 Å². The van der Waals surface area contributed by atoms with E-state index in [1.54, 1.807) is 0 Å². The highest BCUT2D eigenvalue weighted by Gasteiger charge is 2.25. The van der Waals surface area contributed by atoms with Crippen molar-refractivity contribution in [2.24, 2.45) is 0 Å². The van der Waals surface area contributed by atoms with Gasteiger partial charge in [0.1, 0.15) is 0 Å². The molecule has 112 valence electrons. The van der Waals surface area contributed by atoms with Gasteiger partial charge in [0.15, 0.2) is 0 Å². The number of thioether (sulfide) groups is 1. The fourth-order valence-corrected chi connectivity index (χ4v) is 4.07. The summed E-state index contributed by atoms with van der Waals surface area (Å²) in [7, 11) is 0. The monoisotopic (exact) mass is 292 g/mol. The summed E-state index contributed by atoms with van der Waals surface area (Å²) in [5.41, 5.74) is 2.73. The van der Waals surface area contributed by atoms with Gasteiger partial charge in [-0.05, 0) is 50.6 Å². The third-order valence-electron chi connectivity index (χ3n) is 4.39. The van der Waals surface area contributed by atoms with Crippen LogP contribution in [0.15, 0.2) is 24.3 Å². The van der Waals surface area contributed by atoms with Crippen molar-refractivity contribution in [1.29, 1.82) is 0 Å². The molecular weight excluding hydrogens is 264 g/mol. The molecule has 0 aliphatic heterocycles. The molecule has 0 heterocycles. The van der Waals surface area contributed by atoms with Crippen molar-refractivity contribution in [3.8, 4) is 0 Å². The molecule has 1 saturated carbocycles. The number of benzene rings is 1. The first-order valence-electron chi connectivity index (χ1n) is 7.88. The summed E-state index contributed by atoms with van der Waals surface area (Å²) < 4.78 is 0. The van der Waals surface area contributed by atoms with Crippen molar-refractivity contribution in [2.75, 3.05) is 24.2 Å². The maximum atomic E-state index is 3.74. The van der Waals surface area contributed by atoms with Crippen molar-refractivity contribution in [2.45, 2.75) is 50.9 Å². The summed E-state index contributed by atoms with van der Waals surface area (Å²) in [4.78, 5) is 2.39. The number of nitrogens with zero attached hydrogens (tertiary/aromatic N) is 1. The fourth-order valence-electron chi connectivity index (χ4n) is 3.10. The van der Waals surface area contributed by atoms with E-state index in [1.807, 2.05) is 11.8 Å². The molecule has 0 amide bonds. The fraction of sp³-hybridized carbons (Fsp3) is 0.647. The largest absolute Gasteiger partial charge is 0.372 e. The van der Waals surface area contributed by atoms with Crippen LogP contribution in [0.1, 0.15) is 38.7 Å². The maximum absolute atomic E-state index is 3.74. The van der Waals surface area contributed by atoms with E-state index < -0.39 is 0 Å². The lowest BCUT2D eigenvalue weighted by molar-refractivity contribution is 0.532.